The lowest BCUT2D eigenvalue weighted by molar-refractivity contribution is -0.114. The molecular formula is C11H14ClNO3. The van der Waals surface area contributed by atoms with Gasteiger partial charge in [-0.15, -0.1) is 11.6 Å². The quantitative estimate of drug-likeness (QED) is 0.773. The molecule has 0 saturated heterocycles. The van der Waals surface area contributed by atoms with E-state index in [0.717, 1.165) is 0 Å². The van der Waals surface area contributed by atoms with E-state index in [4.69, 9.17) is 16.3 Å². The van der Waals surface area contributed by atoms with Gasteiger partial charge < -0.3 is 15.2 Å². The third-order valence-corrected chi connectivity index (χ3v) is 2.13. The number of carbonyl (C=O) groups excluding carboxylic acids is 1. The number of rotatable bonds is 5. The Balaban J connectivity index is 2.56. The number of nitrogens with one attached hydrogen (secondary N) is 1. The molecular weight excluding hydrogens is 230 g/mol. The van der Waals surface area contributed by atoms with E-state index >= 15 is 0 Å². The topological polar surface area (TPSA) is 58.6 Å². The van der Waals surface area contributed by atoms with E-state index in [2.05, 4.69) is 5.32 Å². The SMILES string of the molecule is CC(=O)Nc1cccc(OCC(O)CCl)c1. The maximum atomic E-state index is 10.8. The van der Waals surface area contributed by atoms with Crippen molar-refractivity contribution in [2.75, 3.05) is 17.8 Å². The third-order valence-electron chi connectivity index (χ3n) is 1.77. The van der Waals surface area contributed by atoms with Crippen LogP contribution in [0.15, 0.2) is 24.3 Å². The van der Waals surface area contributed by atoms with Crippen LogP contribution in [-0.2, 0) is 4.79 Å². The summed E-state index contributed by atoms with van der Waals surface area (Å²) in [6.45, 7) is 1.57. The van der Waals surface area contributed by atoms with Gasteiger partial charge in [-0.1, -0.05) is 6.07 Å². The van der Waals surface area contributed by atoms with Gasteiger partial charge in [0.05, 0.1) is 5.88 Å². The summed E-state index contributed by atoms with van der Waals surface area (Å²) in [5, 5.41) is 11.8. The van der Waals surface area contributed by atoms with Gasteiger partial charge in [0.2, 0.25) is 5.91 Å². The van der Waals surface area contributed by atoms with Crippen LogP contribution >= 0.6 is 11.6 Å². The fourth-order valence-corrected chi connectivity index (χ4v) is 1.19. The van der Waals surface area contributed by atoms with Gasteiger partial charge in [-0.25, -0.2) is 0 Å². The lowest BCUT2D eigenvalue weighted by Crippen LogP contribution is -2.18. The predicted octanol–water partition coefficient (Wildman–Crippen LogP) is 1.62. The molecule has 0 aliphatic carbocycles. The normalized spacial score (nSPS) is 11.9. The summed E-state index contributed by atoms with van der Waals surface area (Å²) in [5.41, 5.74) is 0.658. The highest BCUT2D eigenvalue weighted by molar-refractivity contribution is 6.18. The number of alkyl halides is 1. The minimum Gasteiger partial charge on any atom is -0.491 e. The highest BCUT2D eigenvalue weighted by atomic mass is 35.5. The number of aliphatic hydroxyl groups excluding tert-OH is 1. The highest BCUT2D eigenvalue weighted by Gasteiger charge is 2.03. The average Bonchev–Trinajstić information content (AvgIpc) is 2.25. The van der Waals surface area contributed by atoms with Crippen molar-refractivity contribution in [1.82, 2.24) is 0 Å². The summed E-state index contributed by atoms with van der Waals surface area (Å²) in [7, 11) is 0. The zero-order chi connectivity index (χ0) is 12.0. The van der Waals surface area contributed by atoms with Crippen LogP contribution in [0.2, 0.25) is 0 Å². The number of hydrogen-bond donors (Lipinski definition) is 2. The van der Waals surface area contributed by atoms with Crippen molar-refractivity contribution >= 4 is 23.2 Å². The average molecular weight is 244 g/mol. The molecule has 0 aromatic heterocycles. The highest BCUT2D eigenvalue weighted by Crippen LogP contribution is 2.17. The number of hydrogen-bond acceptors (Lipinski definition) is 3. The second kappa shape index (κ2) is 6.35. The van der Waals surface area contributed by atoms with Crippen LogP contribution in [0.1, 0.15) is 6.92 Å². The molecule has 16 heavy (non-hydrogen) atoms. The Bertz CT molecular complexity index is 357. The monoisotopic (exact) mass is 243 g/mol. The van der Waals surface area contributed by atoms with Crippen molar-refractivity contribution in [3.05, 3.63) is 24.3 Å². The van der Waals surface area contributed by atoms with Crippen LogP contribution in [0.3, 0.4) is 0 Å². The second-order valence-corrected chi connectivity index (χ2v) is 3.64. The minimum atomic E-state index is -0.689. The molecule has 0 bridgehead atoms. The molecule has 5 heteroatoms. The Kier molecular flexibility index (Phi) is 5.08. The maximum Gasteiger partial charge on any atom is 0.221 e. The van der Waals surface area contributed by atoms with Crippen LogP contribution in [0, 0.1) is 0 Å². The van der Waals surface area contributed by atoms with Crippen molar-refractivity contribution in [2.24, 2.45) is 0 Å². The molecule has 4 nitrogen and oxygen atoms in total. The number of aliphatic hydroxyl groups is 1. The molecule has 1 amide bonds. The summed E-state index contributed by atoms with van der Waals surface area (Å²) >= 11 is 5.43. The number of ether oxygens (including phenoxy) is 1. The summed E-state index contributed by atoms with van der Waals surface area (Å²) in [4.78, 5) is 10.8. The van der Waals surface area contributed by atoms with Crippen molar-refractivity contribution in [2.45, 2.75) is 13.0 Å². The van der Waals surface area contributed by atoms with Gasteiger partial charge in [0.15, 0.2) is 0 Å². The second-order valence-electron chi connectivity index (χ2n) is 3.33. The Labute approximate surface area is 99.2 Å². The fraction of sp³-hybridized carbons (Fsp3) is 0.364. The first-order valence-corrected chi connectivity index (χ1v) is 5.39. The number of amides is 1. The Morgan fingerprint density at radius 3 is 3.00 bits per heavy atom. The van der Waals surface area contributed by atoms with E-state index in [0.29, 0.717) is 11.4 Å². The van der Waals surface area contributed by atoms with E-state index < -0.39 is 6.10 Å². The molecule has 0 heterocycles. The number of carbonyl (C=O) groups is 1. The lowest BCUT2D eigenvalue weighted by Gasteiger charge is -2.10. The van der Waals surface area contributed by atoms with Crippen molar-refractivity contribution in [3.8, 4) is 5.75 Å². The maximum absolute atomic E-state index is 10.8. The van der Waals surface area contributed by atoms with Gasteiger partial charge in [0, 0.05) is 18.7 Å². The van der Waals surface area contributed by atoms with Gasteiger partial charge in [-0.3, -0.25) is 4.79 Å². The van der Waals surface area contributed by atoms with Crippen LogP contribution in [0.25, 0.3) is 0 Å². The fourth-order valence-electron chi connectivity index (χ4n) is 1.10. The van der Waals surface area contributed by atoms with E-state index in [9.17, 15) is 9.90 Å². The van der Waals surface area contributed by atoms with Crippen LogP contribution in [0.4, 0.5) is 5.69 Å². The zero-order valence-electron chi connectivity index (χ0n) is 8.94. The number of benzene rings is 1. The molecule has 0 fully saturated rings. The summed E-state index contributed by atoms with van der Waals surface area (Å²) in [6.07, 6.45) is -0.689. The Morgan fingerprint density at radius 1 is 1.62 bits per heavy atom. The number of anilines is 1. The molecule has 0 saturated carbocycles. The molecule has 88 valence electrons. The smallest absolute Gasteiger partial charge is 0.221 e. The molecule has 0 spiro atoms. The van der Waals surface area contributed by atoms with Crippen molar-refractivity contribution in [3.63, 3.8) is 0 Å². The predicted molar refractivity (Wildman–Crippen MR) is 63.0 cm³/mol. The molecule has 1 atom stereocenters. The first-order valence-electron chi connectivity index (χ1n) is 4.86. The zero-order valence-corrected chi connectivity index (χ0v) is 9.70. The van der Waals surface area contributed by atoms with Crippen LogP contribution in [-0.4, -0.2) is 29.6 Å². The van der Waals surface area contributed by atoms with Crippen LogP contribution in [0.5, 0.6) is 5.75 Å². The summed E-state index contributed by atoms with van der Waals surface area (Å²) < 4.78 is 5.30. The first kappa shape index (κ1) is 12.8. The molecule has 0 aliphatic rings. The molecule has 1 aromatic carbocycles. The van der Waals surface area contributed by atoms with Gasteiger partial charge in [0.1, 0.15) is 18.5 Å². The Hall–Kier alpha value is -1.26. The van der Waals surface area contributed by atoms with Crippen molar-refractivity contribution in [1.29, 1.82) is 0 Å². The number of halogens is 1. The Morgan fingerprint density at radius 2 is 2.38 bits per heavy atom. The summed E-state index contributed by atoms with van der Waals surface area (Å²) in [5.74, 6) is 0.569. The molecule has 1 rings (SSSR count). The first-order chi connectivity index (χ1) is 7.61. The molecule has 0 radical (unpaired) electrons. The summed E-state index contributed by atoms with van der Waals surface area (Å²) in [6, 6.07) is 6.94. The van der Waals surface area contributed by atoms with Gasteiger partial charge in [0.25, 0.3) is 0 Å². The molecule has 1 aromatic rings. The standard InChI is InChI=1S/C11H14ClNO3/c1-8(14)13-9-3-2-4-11(5-9)16-7-10(15)6-12/h2-5,10,15H,6-7H2,1H3,(H,13,14). The minimum absolute atomic E-state index is 0.130. The molecule has 0 aliphatic heterocycles. The van der Waals surface area contributed by atoms with Crippen LogP contribution < -0.4 is 10.1 Å². The molecule has 1 unspecified atom stereocenters. The largest absolute Gasteiger partial charge is 0.491 e. The van der Waals surface area contributed by atoms with E-state index in [1.165, 1.54) is 6.92 Å². The van der Waals surface area contributed by atoms with Crippen molar-refractivity contribution < 1.29 is 14.6 Å². The van der Waals surface area contributed by atoms with Gasteiger partial charge >= 0.3 is 0 Å². The van der Waals surface area contributed by atoms with Gasteiger partial charge in [-0.05, 0) is 12.1 Å². The van der Waals surface area contributed by atoms with E-state index in [-0.39, 0.29) is 18.4 Å². The lowest BCUT2D eigenvalue weighted by atomic mass is 10.3. The van der Waals surface area contributed by atoms with E-state index in [1.807, 2.05) is 0 Å². The van der Waals surface area contributed by atoms with E-state index in [1.54, 1.807) is 24.3 Å². The third kappa shape index (κ3) is 4.51. The van der Waals surface area contributed by atoms with Gasteiger partial charge in [-0.2, -0.15) is 0 Å². The molecule has 2 N–H and O–H groups in total.